The average molecular weight is 434 g/mol. The molecule has 3 heterocycles. The van der Waals surface area contributed by atoms with Crippen LogP contribution in [0.15, 0.2) is 90.7 Å². The summed E-state index contributed by atoms with van der Waals surface area (Å²) in [6.45, 7) is 8.34. The molecule has 1 aliphatic carbocycles. The van der Waals surface area contributed by atoms with E-state index in [1.54, 1.807) is 0 Å². The molecule has 33 heavy (non-hydrogen) atoms. The van der Waals surface area contributed by atoms with E-state index in [0.717, 1.165) is 12.2 Å². The highest BCUT2D eigenvalue weighted by molar-refractivity contribution is 6.08. The molecule has 0 amide bonds. The van der Waals surface area contributed by atoms with Gasteiger partial charge in [0.1, 0.15) is 5.82 Å². The van der Waals surface area contributed by atoms with Crippen LogP contribution in [0.4, 0.5) is 0 Å². The molecule has 3 nitrogen and oxygen atoms in total. The highest BCUT2D eigenvalue weighted by Crippen LogP contribution is 2.39. The number of hydrogen-bond donors (Lipinski definition) is 2. The first-order valence-corrected chi connectivity index (χ1v) is 11.9. The number of rotatable bonds is 3. The summed E-state index contributed by atoms with van der Waals surface area (Å²) in [5, 5.41) is 5.07. The predicted molar refractivity (Wildman–Crippen MR) is 142 cm³/mol. The van der Waals surface area contributed by atoms with Crippen LogP contribution in [0, 0.1) is 0 Å². The van der Waals surface area contributed by atoms with E-state index in [-0.39, 0.29) is 6.04 Å². The van der Waals surface area contributed by atoms with Gasteiger partial charge in [0.2, 0.25) is 0 Å². The van der Waals surface area contributed by atoms with Gasteiger partial charge in [-0.1, -0.05) is 74.5 Å². The van der Waals surface area contributed by atoms with Gasteiger partial charge < -0.3 is 10.3 Å². The molecule has 0 radical (unpaired) electrons. The zero-order valence-corrected chi connectivity index (χ0v) is 19.8. The number of allylic oxidation sites excluding steroid dienone is 6. The lowest BCUT2D eigenvalue weighted by molar-refractivity contribution is 0.729. The number of para-hydroxylation sites is 1. The van der Waals surface area contributed by atoms with Crippen molar-refractivity contribution in [1.29, 1.82) is 0 Å². The van der Waals surface area contributed by atoms with Crippen molar-refractivity contribution < 1.29 is 0 Å². The van der Waals surface area contributed by atoms with Crippen molar-refractivity contribution in [2.45, 2.75) is 40.2 Å². The summed E-state index contributed by atoms with van der Waals surface area (Å²) >= 11 is 0. The quantitative estimate of drug-likeness (QED) is 0.340. The topological polar surface area (TPSA) is 32.8 Å². The van der Waals surface area contributed by atoms with E-state index >= 15 is 0 Å². The molecule has 0 bridgehead atoms. The molecule has 6 rings (SSSR count). The zero-order valence-electron chi connectivity index (χ0n) is 19.8. The molecular weight excluding hydrogens is 402 g/mol. The standard InChI is InChI=1S/C28H25N3.C2H6/c1-3-8-19-17-23-20(18(19)2)10-6-11-21(23)24-12-7-14-27(30-24)31-25-13-5-4-9-22(25)28-26(31)15-16-29-28;1-2/h3-16,24,29-30H,17H2,1-2H3;1-2H3/b8-3-;. The van der Waals surface area contributed by atoms with Crippen LogP contribution in [-0.4, -0.2) is 9.55 Å². The first kappa shape index (κ1) is 21.1. The Hall–Kier alpha value is -3.72. The number of fused-ring (bicyclic) bond motifs is 4. The maximum atomic E-state index is 3.82. The third-order valence-corrected chi connectivity index (χ3v) is 6.65. The highest BCUT2D eigenvalue weighted by atomic mass is 15.2. The van der Waals surface area contributed by atoms with Gasteiger partial charge >= 0.3 is 0 Å². The molecule has 2 aromatic heterocycles. The summed E-state index contributed by atoms with van der Waals surface area (Å²) in [6, 6.07) is 17.6. The molecule has 1 atom stereocenters. The van der Waals surface area contributed by atoms with Crippen LogP contribution in [0.3, 0.4) is 0 Å². The van der Waals surface area contributed by atoms with Gasteiger partial charge in [-0.2, -0.15) is 0 Å². The normalized spacial score (nSPS) is 17.3. The molecule has 2 N–H and O–H groups in total. The fourth-order valence-electron chi connectivity index (χ4n) is 5.19. The molecule has 1 unspecified atom stereocenters. The Bertz CT molecular complexity index is 1450. The van der Waals surface area contributed by atoms with E-state index in [1.165, 1.54) is 49.8 Å². The van der Waals surface area contributed by atoms with Gasteiger partial charge in [-0.05, 0) is 66.3 Å². The minimum absolute atomic E-state index is 0.142. The van der Waals surface area contributed by atoms with Gasteiger partial charge in [-0.3, -0.25) is 4.57 Å². The van der Waals surface area contributed by atoms with Crippen LogP contribution in [0.2, 0.25) is 0 Å². The number of hydrogen-bond acceptors (Lipinski definition) is 1. The number of dihydropyridines is 1. The molecule has 2 aliphatic rings. The van der Waals surface area contributed by atoms with Gasteiger partial charge in [0.15, 0.2) is 0 Å². The lowest BCUT2D eigenvalue weighted by atomic mass is 9.94. The number of benzene rings is 2. The SMILES string of the molecule is C/C=C\C1=C(C)c2cccc(C3C=CC=C(n4c5ccccc5c5[nH]ccc54)N3)c2C1.CC. The van der Waals surface area contributed by atoms with Crippen molar-refractivity contribution in [2.24, 2.45) is 0 Å². The highest BCUT2D eigenvalue weighted by Gasteiger charge is 2.25. The lowest BCUT2D eigenvalue weighted by Gasteiger charge is -2.25. The largest absolute Gasteiger partial charge is 0.361 e. The number of H-pyrrole nitrogens is 1. The van der Waals surface area contributed by atoms with Crippen molar-refractivity contribution in [3.8, 4) is 0 Å². The van der Waals surface area contributed by atoms with Crippen LogP contribution < -0.4 is 5.32 Å². The molecule has 3 heteroatoms. The van der Waals surface area contributed by atoms with E-state index < -0.39 is 0 Å². The molecule has 4 aromatic rings. The maximum Gasteiger partial charge on any atom is 0.111 e. The third kappa shape index (κ3) is 3.36. The van der Waals surface area contributed by atoms with E-state index in [1.807, 2.05) is 20.0 Å². The lowest BCUT2D eigenvalue weighted by Crippen LogP contribution is -2.24. The zero-order chi connectivity index (χ0) is 22.9. The van der Waals surface area contributed by atoms with Crippen molar-refractivity contribution in [2.75, 3.05) is 0 Å². The summed E-state index contributed by atoms with van der Waals surface area (Å²) in [6.07, 6.45) is 14.0. The average Bonchev–Trinajstić information content (AvgIpc) is 3.54. The predicted octanol–water partition coefficient (Wildman–Crippen LogP) is 7.75. The summed E-state index contributed by atoms with van der Waals surface area (Å²) in [4.78, 5) is 3.41. The van der Waals surface area contributed by atoms with Crippen LogP contribution in [0.5, 0.6) is 0 Å². The molecule has 0 spiro atoms. The van der Waals surface area contributed by atoms with Crippen LogP contribution >= 0.6 is 0 Å². The summed E-state index contributed by atoms with van der Waals surface area (Å²) < 4.78 is 2.33. The fourth-order valence-corrected chi connectivity index (χ4v) is 5.19. The van der Waals surface area contributed by atoms with Gasteiger partial charge in [0, 0.05) is 11.6 Å². The van der Waals surface area contributed by atoms with Crippen LogP contribution in [0.1, 0.15) is 50.4 Å². The summed E-state index contributed by atoms with van der Waals surface area (Å²) in [5.74, 6) is 1.10. The van der Waals surface area contributed by atoms with Crippen molar-refractivity contribution in [3.05, 3.63) is 107 Å². The first-order chi connectivity index (χ1) is 16.3. The third-order valence-electron chi connectivity index (χ3n) is 6.65. The van der Waals surface area contributed by atoms with Crippen LogP contribution in [-0.2, 0) is 6.42 Å². The molecule has 166 valence electrons. The Morgan fingerprint density at radius 2 is 1.85 bits per heavy atom. The maximum absolute atomic E-state index is 3.82. The van der Waals surface area contributed by atoms with E-state index in [0.29, 0.717) is 0 Å². The van der Waals surface area contributed by atoms with Gasteiger partial charge in [0.05, 0.1) is 22.6 Å². The summed E-state index contributed by atoms with van der Waals surface area (Å²) in [5.41, 5.74) is 10.6. The van der Waals surface area contributed by atoms with Gasteiger partial charge in [-0.15, -0.1) is 0 Å². The summed E-state index contributed by atoms with van der Waals surface area (Å²) in [7, 11) is 0. The Balaban J connectivity index is 0.00000111. The van der Waals surface area contributed by atoms with Gasteiger partial charge in [-0.25, -0.2) is 0 Å². The minimum Gasteiger partial charge on any atom is -0.361 e. The number of aromatic amines is 1. The van der Waals surface area contributed by atoms with Crippen LogP contribution in [0.25, 0.3) is 33.3 Å². The van der Waals surface area contributed by atoms with Gasteiger partial charge in [0.25, 0.3) is 0 Å². The number of nitrogens with zero attached hydrogens (tertiary/aromatic N) is 1. The molecular formula is C30H31N3. The van der Waals surface area contributed by atoms with E-state index in [2.05, 4.69) is 108 Å². The Kier molecular flexibility index (Phi) is 5.55. The van der Waals surface area contributed by atoms with E-state index in [9.17, 15) is 0 Å². The van der Waals surface area contributed by atoms with Crippen molar-refractivity contribution >= 4 is 33.3 Å². The molecule has 1 aliphatic heterocycles. The number of nitrogens with one attached hydrogen (secondary N) is 2. The molecule has 0 saturated carbocycles. The molecule has 2 aromatic carbocycles. The first-order valence-electron chi connectivity index (χ1n) is 11.9. The smallest absolute Gasteiger partial charge is 0.111 e. The Labute approximate surface area is 195 Å². The second kappa shape index (κ2) is 8.67. The second-order valence-corrected chi connectivity index (χ2v) is 8.35. The Morgan fingerprint density at radius 1 is 1.00 bits per heavy atom. The Morgan fingerprint density at radius 3 is 2.70 bits per heavy atom. The second-order valence-electron chi connectivity index (χ2n) is 8.35. The minimum atomic E-state index is 0.142. The van der Waals surface area contributed by atoms with E-state index in [4.69, 9.17) is 0 Å². The number of aromatic nitrogens is 2. The van der Waals surface area contributed by atoms with Crippen molar-refractivity contribution in [3.63, 3.8) is 0 Å². The van der Waals surface area contributed by atoms with Crippen molar-refractivity contribution in [1.82, 2.24) is 14.9 Å². The fraction of sp³-hybridized carbons (Fsp3) is 0.200. The molecule has 0 saturated heterocycles. The molecule has 0 fully saturated rings. The monoisotopic (exact) mass is 433 g/mol.